The monoisotopic (exact) mass is 370 g/mol. The van der Waals surface area contributed by atoms with Crippen molar-refractivity contribution in [1.82, 2.24) is 15.0 Å². The van der Waals surface area contributed by atoms with Crippen molar-refractivity contribution >= 4 is 16.7 Å². The molecule has 5 rings (SSSR count). The third-order valence-corrected chi connectivity index (χ3v) is 5.44. The van der Waals surface area contributed by atoms with Gasteiger partial charge in [-0.3, -0.25) is 0 Å². The third-order valence-electron chi connectivity index (χ3n) is 5.44. The molecule has 0 atom stereocenters. The van der Waals surface area contributed by atoms with Gasteiger partial charge in [-0.05, 0) is 49.2 Å². The molecule has 2 aromatic heterocycles. The molecule has 0 spiro atoms. The Bertz CT molecular complexity index is 1100. The molecular formula is C23H22N4O. The Morgan fingerprint density at radius 2 is 1.61 bits per heavy atom. The number of hydrogen-bond donors (Lipinski definition) is 2. The van der Waals surface area contributed by atoms with Crippen molar-refractivity contribution in [3.63, 3.8) is 0 Å². The first-order chi connectivity index (χ1) is 13.8. The lowest BCUT2D eigenvalue weighted by atomic mass is 10.0. The molecule has 1 aliphatic carbocycles. The van der Waals surface area contributed by atoms with E-state index in [-0.39, 0.29) is 0 Å². The minimum atomic E-state index is 0.486. The van der Waals surface area contributed by atoms with E-state index in [9.17, 15) is 0 Å². The summed E-state index contributed by atoms with van der Waals surface area (Å²) in [6.07, 6.45) is 6.83. The van der Waals surface area contributed by atoms with Crippen molar-refractivity contribution in [2.24, 2.45) is 0 Å². The van der Waals surface area contributed by atoms with Crippen molar-refractivity contribution in [2.75, 3.05) is 5.73 Å². The number of hydrogen-bond acceptors (Lipinski definition) is 4. The van der Waals surface area contributed by atoms with E-state index in [1.165, 1.54) is 25.7 Å². The molecular weight excluding hydrogens is 348 g/mol. The molecule has 0 aliphatic heterocycles. The lowest BCUT2D eigenvalue weighted by Crippen LogP contribution is -2.02. The number of ether oxygens (including phenoxy) is 1. The molecule has 1 saturated carbocycles. The number of benzene rings is 2. The highest BCUT2D eigenvalue weighted by molar-refractivity contribution is 5.91. The van der Waals surface area contributed by atoms with Crippen molar-refractivity contribution < 1.29 is 4.74 Å². The predicted molar refractivity (Wildman–Crippen MR) is 111 cm³/mol. The van der Waals surface area contributed by atoms with E-state index in [0.717, 1.165) is 33.7 Å². The van der Waals surface area contributed by atoms with E-state index < -0.39 is 0 Å². The maximum atomic E-state index is 6.13. The van der Waals surface area contributed by atoms with Crippen LogP contribution < -0.4 is 10.5 Å². The molecule has 0 radical (unpaired) electrons. The van der Waals surface area contributed by atoms with Gasteiger partial charge in [0.1, 0.15) is 22.8 Å². The second-order valence-corrected chi connectivity index (χ2v) is 7.32. The number of anilines is 1. The molecule has 0 amide bonds. The maximum absolute atomic E-state index is 6.13. The average Bonchev–Trinajstić information content (AvgIpc) is 3.39. The summed E-state index contributed by atoms with van der Waals surface area (Å²) in [7, 11) is 0. The van der Waals surface area contributed by atoms with Crippen molar-refractivity contribution in [3.8, 4) is 22.9 Å². The molecule has 1 aliphatic rings. The Labute approximate surface area is 163 Å². The maximum Gasteiger partial charge on any atom is 0.160 e. The number of H-pyrrole nitrogens is 1. The highest BCUT2D eigenvalue weighted by atomic mass is 16.5. The summed E-state index contributed by atoms with van der Waals surface area (Å²) in [5.41, 5.74) is 9.03. The van der Waals surface area contributed by atoms with Gasteiger partial charge in [-0.2, -0.15) is 0 Å². The van der Waals surface area contributed by atoms with Gasteiger partial charge < -0.3 is 15.5 Å². The van der Waals surface area contributed by atoms with Crippen LogP contribution in [-0.2, 0) is 0 Å². The molecule has 140 valence electrons. The molecule has 1 fully saturated rings. The zero-order valence-electron chi connectivity index (χ0n) is 15.6. The number of nitrogens with one attached hydrogen (secondary N) is 1. The average molecular weight is 370 g/mol. The number of rotatable bonds is 4. The molecule has 0 unspecified atom stereocenters. The van der Waals surface area contributed by atoms with Crippen LogP contribution in [0, 0.1) is 0 Å². The highest BCUT2D eigenvalue weighted by Crippen LogP contribution is 2.38. The van der Waals surface area contributed by atoms with Crippen LogP contribution in [0.5, 0.6) is 11.5 Å². The predicted octanol–water partition coefficient (Wildman–Crippen LogP) is 5.66. The van der Waals surface area contributed by atoms with Crippen LogP contribution in [0.25, 0.3) is 22.3 Å². The van der Waals surface area contributed by atoms with Gasteiger partial charge in [0.05, 0.1) is 5.69 Å². The number of para-hydroxylation sites is 1. The number of nitrogens with two attached hydrogens (primary N) is 1. The second-order valence-electron chi connectivity index (χ2n) is 7.32. The van der Waals surface area contributed by atoms with Gasteiger partial charge in [0.25, 0.3) is 0 Å². The molecule has 4 aromatic rings. The fraction of sp³-hybridized carbons (Fsp3) is 0.217. The summed E-state index contributed by atoms with van der Waals surface area (Å²) < 4.78 is 5.89. The number of nitrogen functional groups attached to an aromatic ring is 1. The Balaban J connectivity index is 1.51. The fourth-order valence-electron chi connectivity index (χ4n) is 3.99. The van der Waals surface area contributed by atoms with Gasteiger partial charge in [0.2, 0.25) is 0 Å². The molecule has 5 nitrogen and oxygen atoms in total. The van der Waals surface area contributed by atoms with Gasteiger partial charge in [-0.25, -0.2) is 9.97 Å². The number of aromatic amines is 1. The fourth-order valence-corrected chi connectivity index (χ4v) is 3.99. The summed E-state index contributed by atoms with van der Waals surface area (Å²) >= 11 is 0. The van der Waals surface area contributed by atoms with E-state index in [0.29, 0.717) is 17.6 Å². The summed E-state index contributed by atoms with van der Waals surface area (Å²) in [5, 5.41) is 1.05. The standard InChI is InChI=1S/C23H22N4O/c24-22-21-19(14-25-22)20(15-6-4-5-7-15)26-23(27-21)16-10-12-18(13-11-16)28-17-8-2-1-3-9-17/h1-3,8-15,25H,4-7,24H2. The molecule has 0 saturated heterocycles. The van der Waals surface area contributed by atoms with E-state index in [4.69, 9.17) is 20.4 Å². The zero-order chi connectivity index (χ0) is 18.9. The van der Waals surface area contributed by atoms with E-state index in [2.05, 4.69) is 4.98 Å². The molecule has 3 N–H and O–H groups in total. The first-order valence-electron chi connectivity index (χ1n) is 9.76. The van der Waals surface area contributed by atoms with Gasteiger partial charge in [-0.15, -0.1) is 0 Å². The first-order valence-corrected chi connectivity index (χ1v) is 9.76. The van der Waals surface area contributed by atoms with Crippen molar-refractivity contribution in [3.05, 3.63) is 66.5 Å². The summed E-state index contributed by atoms with van der Waals surface area (Å²) in [5.74, 6) is 3.40. The lowest BCUT2D eigenvalue weighted by molar-refractivity contribution is 0.483. The minimum Gasteiger partial charge on any atom is -0.457 e. The van der Waals surface area contributed by atoms with Crippen LogP contribution in [0.2, 0.25) is 0 Å². The molecule has 2 aromatic carbocycles. The number of fused-ring (bicyclic) bond motifs is 1. The Morgan fingerprint density at radius 3 is 2.36 bits per heavy atom. The largest absolute Gasteiger partial charge is 0.457 e. The number of nitrogens with zero attached hydrogens (tertiary/aromatic N) is 2. The van der Waals surface area contributed by atoms with Crippen molar-refractivity contribution in [1.29, 1.82) is 0 Å². The molecule has 5 heteroatoms. The summed E-state index contributed by atoms with van der Waals surface area (Å²) in [6.45, 7) is 0. The molecule has 2 heterocycles. The van der Waals surface area contributed by atoms with E-state index >= 15 is 0 Å². The molecule has 0 bridgehead atoms. The van der Waals surface area contributed by atoms with Gasteiger partial charge in [0, 0.05) is 23.1 Å². The normalized spacial score (nSPS) is 14.6. The van der Waals surface area contributed by atoms with Crippen LogP contribution in [0.4, 0.5) is 5.82 Å². The SMILES string of the molecule is Nc1[nH]cc2c(C3CCCC3)nc(-c3ccc(Oc4ccccc4)cc3)nc12. The minimum absolute atomic E-state index is 0.486. The van der Waals surface area contributed by atoms with Gasteiger partial charge in [0.15, 0.2) is 5.82 Å². The summed E-state index contributed by atoms with van der Waals surface area (Å²) in [6, 6.07) is 17.7. The van der Waals surface area contributed by atoms with Crippen LogP contribution in [0.15, 0.2) is 60.8 Å². The van der Waals surface area contributed by atoms with Gasteiger partial charge in [-0.1, -0.05) is 31.0 Å². The van der Waals surface area contributed by atoms with Crippen molar-refractivity contribution in [2.45, 2.75) is 31.6 Å². The zero-order valence-corrected chi connectivity index (χ0v) is 15.6. The highest BCUT2D eigenvalue weighted by Gasteiger charge is 2.23. The van der Waals surface area contributed by atoms with E-state index in [1.54, 1.807) is 0 Å². The van der Waals surface area contributed by atoms with Crippen LogP contribution >= 0.6 is 0 Å². The Hall–Kier alpha value is -3.34. The quantitative estimate of drug-likeness (QED) is 0.486. The first kappa shape index (κ1) is 16.8. The topological polar surface area (TPSA) is 76.8 Å². The third kappa shape index (κ3) is 3.09. The smallest absolute Gasteiger partial charge is 0.160 e. The van der Waals surface area contributed by atoms with Crippen LogP contribution in [0.1, 0.15) is 37.3 Å². The van der Waals surface area contributed by atoms with Crippen LogP contribution in [0.3, 0.4) is 0 Å². The second kappa shape index (κ2) is 7.00. The summed E-state index contributed by atoms with van der Waals surface area (Å²) in [4.78, 5) is 12.8. The Kier molecular flexibility index (Phi) is 4.20. The molecule has 28 heavy (non-hydrogen) atoms. The van der Waals surface area contributed by atoms with E-state index in [1.807, 2.05) is 60.8 Å². The number of aromatic nitrogens is 3. The Morgan fingerprint density at radius 1 is 0.893 bits per heavy atom. The lowest BCUT2D eigenvalue weighted by Gasteiger charge is -2.12. The van der Waals surface area contributed by atoms with Crippen LogP contribution in [-0.4, -0.2) is 15.0 Å². The van der Waals surface area contributed by atoms with Gasteiger partial charge >= 0.3 is 0 Å².